The van der Waals surface area contributed by atoms with Gasteiger partial charge in [-0.15, -0.1) is 0 Å². The SMILES string of the molecule is CN1C(=O)c2ccccc2/C1=C/C1CC1. The summed E-state index contributed by atoms with van der Waals surface area (Å²) in [6.07, 6.45) is 4.78. The highest BCUT2D eigenvalue weighted by Gasteiger charge is 2.31. The zero-order valence-electron chi connectivity index (χ0n) is 8.73. The van der Waals surface area contributed by atoms with Crippen molar-refractivity contribution in [3.63, 3.8) is 0 Å². The van der Waals surface area contributed by atoms with E-state index in [4.69, 9.17) is 0 Å². The Bertz CT molecular complexity index is 457. The maximum Gasteiger partial charge on any atom is 0.258 e. The van der Waals surface area contributed by atoms with Gasteiger partial charge in [0.25, 0.3) is 5.91 Å². The van der Waals surface area contributed by atoms with Gasteiger partial charge in [-0.1, -0.05) is 24.3 Å². The number of fused-ring (bicyclic) bond motifs is 1. The summed E-state index contributed by atoms with van der Waals surface area (Å²) in [5, 5.41) is 0. The summed E-state index contributed by atoms with van der Waals surface area (Å²) in [4.78, 5) is 13.7. The number of hydrogen-bond acceptors (Lipinski definition) is 1. The van der Waals surface area contributed by atoms with Crippen molar-refractivity contribution in [1.29, 1.82) is 0 Å². The van der Waals surface area contributed by atoms with E-state index < -0.39 is 0 Å². The summed E-state index contributed by atoms with van der Waals surface area (Å²) in [7, 11) is 1.86. The van der Waals surface area contributed by atoms with Gasteiger partial charge in [-0.25, -0.2) is 0 Å². The van der Waals surface area contributed by atoms with Crippen molar-refractivity contribution in [3.05, 3.63) is 41.5 Å². The van der Waals surface area contributed by atoms with Crippen molar-refractivity contribution in [2.75, 3.05) is 7.05 Å². The second-order valence-electron chi connectivity index (χ2n) is 4.30. The van der Waals surface area contributed by atoms with Crippen LogP contribution in [0.1, 0.15) is 28.8 Å². The molecular weight excluding hydrogens is 186 g/mol. The molecule has 0 aromatic heterocycles. The van der Waals surface area contributed by atoms with Crippen molar-refractivity contribution < 1.29 is 4.79 Å². The summed E-state index contributed by atoms with van der Waals surface area (Å²) in [5.41, 5.74) is 3.03. The van der Waals surface area contributed by atoms with E-state index in [1.54, 1.807) is 4.90 Å². The Balaban J connectivity index is 2.13. The largest absolute Gasteiger partial charge is 0.311 e. The first kappa shape index (κ1) is 8.72. The van der Waals surface area contributed by atoms with Crippen LogP contribution in [0.2, 0.25) is 0 Å². The zero-order valence-corrected chi connectivity index (χ0v) is 8.73. The van der Waals surface area contributed by atoms with Crippen LogP contribution in [0.3, 0.4) is 0 Å². The fourth-order valence-electron chi connectivity index (χ4n) is 2.05. The van der Waals surface area contributed by atoms with Crippen LogP contribution in [0.25, 0.3) is 5.70 Å². The van der Waals surface area contributed by atoms with Gasteiger partial charge in [0.2, 0.25) is 0 Å². The molecule has 1 saturated carbocycles. The monoisotopic (exact) mass is 199 g/mol. The van der Waals surface area contributed by atoms with E-state index in [0.29, 0.717) is 5.92 Å². The van der Waals surface area contributed by atoms with Crippen LogP contribution in [0.15, 0.2) is 30.3 Å². The van der Waals surface area contributed by atoms with Gasteiger partial charge in [-0.05, 0) is 24.8 Å². The van der Waals surface area contributed by atoms with Crippen molar-refractivity contribution in [1.82, 2.24) is 4.90 Å². The molecule has 0 spiro atoms. The number of amides is 1. The molecule has 1 fully saturated rings. The minimum atomic E-state index is 0.123. The lowest BCUT2D eigenvalue weighted by Crippen LogP contribution is -2.17. The van der Waals surface area contributed by atoms with Crippen LogP contribution in [-0.4, -0.2) is 17.9 Å². The van der Waals surface area contributed by atoms with Crippen LogP contribution < -0.4 is 0 Å². The first-order chi connectivity index (χ1) is 7.27. The number of nitrogens with zero attached hydrogens (tertiary/aromatic N) is 1. The van der Waals surface area contributed by atoms with E-state index in [0.717, 1.165) is 16.8 Å². The highest BCUT2D eigenvalue weighted by molar-refractivity contribution is 6.08. The molecule has 0 N–H and O–H groups in total. The Hall–Kier alpha value is -1.57. The molecule has 3 rings (SSSR count). The second kappa shape index (κ2) is 2.96. The minimum Gasteiger partial charge on any atom is -0.311 e. The van der Waals surface area contributed by atoms with E-state index in [2.05, 4.69) is 6.08 Å². The van der Waals surface area contributed by atoms with E-state index >= 15 is 0 Å². The Morgan fingerprint density at radius 1 is 1.27 bits per heavy atom. The average Bonchev–Trinajstić information content (AvgIpc) is 3.04. The molecule has 2 nitrogen and oxygen atoms in total. The van der Waals surface area contributed by atoms with Crippen LogP contribution >= 0.6 is 0 Å². The third-order valence-electron chi connectivity index (χ3n) is 3.11. The second-order valence-corrected chi connectivity index (χ2v) is 4.30. The number of hydrogen-bond donors (Lipinski definition) is 0. The maximum absolute atomic E-state index is 11.9. The number of benzene rings is 1. The van der Waals surface area contributed by atoms with Gasteiger partial charge < -0.3 is 4.90 Å². The molecule has 0 bridgehead atoms. The van der Waals surface area contributed by atoms with Crippen LogP contribution in [0.4, 0.5) is 0 Å². The van der Waals surface area contributed by atoms with E-state index in [9.17, 15) is 4.79 Å². The van der Waals surface area contributed by atoms with Gasteiger partial charge in [0.1, 0.15) is 0 Å². The minimum absolute atomic E-state index is 0.123. The van der Waals surface area contributed by atoms with Crippen LogP contribution in [0.5, 0.6) is 0 Å². The molecule has 1 amide bonds. The Labute approximate surface area is 89.2 Å². The lowest BCUT2D eigenvalue weighted by atomic mass is 10.1. The highest BCUT2D eigenvalue weighted by Crippen LogP contribution is 2.38. The molecule has 0 unspecified atom stereocenters. The van der Waals surface area contributed by atoms with Gasteiger partial charge in [0.15, 0.2) is 0 Å². The topological polar surface area (TPSA) is 20.3 Å². The molecule has 1 aliphatic heterocycles. The fourth-order valence-corrected chi connectivity index (χ4v) is 2.05. The molecule has 76 valence electrons. The quantitative estimate of drug-likeness (QED) is 0.680. The summed E-state index contributed by atoms with van der Waals surface area (Å²) in [6.45, 7) is 0. The standard InChI is InChI=1S/C13H13NO/c1-14-12(8-9-6-7-9)10-4-2-3-5-11(10)13(14)15/h2-5,8-9H,6-7H2,1H3/b12-8-. The molecule has 15 heavy (non-hydrogen) atoms. The Morgan fingerprint density at radius 3 is 2.60 bits per heavy atom. The first-order valence-corrected chi connectivity index (χ1v) is 5.36. The lowest BCUT2D eigenvalue weighted by molar-refractivity contribution is 0.0874. The number of allylic oxidation sites excluding steroid dienone is 1. The molecule has 0 saturated heterocycles. The fraction of sp³-hybridized carbons (Fsp3) is 0.308. The molecule has 2 aliphatic rings. The average molecular weight is 199 g/mol. The number of rotatable bonds is 1. The highest BCUT2D eigenvalue weighted by atomic mass is 16.2. The van der Waals surface area contributed by atoms with Crippen LogP contribution in [0, 0.1) is 5.92 Å². The number of carbonyl (C=O) groups excluding carboxylic acids is 1. The van der Waals surface area contributed by atoms with Crippen molar-refractivity contribution >= 4 is 11.6 Å². The molecule has 0 atom stereocenters. The summed E-state index contributed by atoms with van der Waals surface area (Å²) < 4.78 is 0. The molecule has 1 aliphatic carbocycles. The van der Waals surface area contributed by atoms with Gasteiger partial charge in [-0.2, -0.15) is 0 Å². The molecular formula is C13H13NO. The van der Waals surface area contributed by atoms with Gasteiger partial charge in [0.05, 0.1) is 0 Å². The van der Waals surface area contributed by atoms with Gasteiger partial charge in [-0.3, -0.25) is 4.79 Å². The van der Waals surface area contributed by atoms with E-state index in [1.807, 2.05) is 31.3 Å². The third kappa shape index (κ3) is 1.29. The van der Waals surface area contributed by atoms with E-state index in [1.165, 1.54) is 12.8 Å². The normalized spacial score (nSPS) is 22.3. The van der Waals surface area contributed by atoms with Crippen molar-refractivity contribution in [2.24, 2.45) is 5.92 Å². The predicted octanol–water partition coefficient (Wildman–Crippen LogP) is 2.52. The van der Waals surface area contributed by atoms with Crippen LogP contribution in [-0.2, 0) is 0 Å². The van der Waals surface area contributed by atoms with Crippen molar-refractivity contribution in [3.8, 4) is 0 Å². The molecule has 2 heteroatoms. The molecule has 0 radical (unpaired) electrons. The number of carbonyl (C=O) groups is 1. The third-order valence-corrected chi connectivity index (χ3v) is 3.11. The smallest absolute Gasteiger partial charge is 0.258 e. The molecule has 1 heterocycles. The Morgan fingerprint density at radius 2 is 1.93 bits per heavy atom. The molecule has 1 aromatic rings. The predicted molar refractivity (Wildman–Crippen MR) is 59.2 cm³/mol. The lowest BCUT2D eigenvalue weighted by Gasteiger charge is -2.10. The van der Waals surface area contributed by atoms with Gasteiger partial charge >= 0.3 is 0 Å². The summed E-state index contributed by atoms with van der Waals surface area (Å²) in [6, 6.07) is 7.85. The zero-order chi connectivity index (χ0) is 10.4. The molecule has 1 aromatic carbocycles. The van der Waals surface area contributed by atoms with E-state index in [-0.39, 0.29) is 5.91 Å². The van der Waals surface area contributed by atoms with Crippen molar-refractivity contribution in [2.45, 2.75) is 12.8 Å². The van der Waals surface area contributed by atoms with Gasteiger partial charge in [0, 0.05) is 23.9 Å². The summed E-state index contributed by atoms with van der Waals surface area (Å²) >= 11 is 0. The summed E-state index contributed by atoms with van der Waals surface area (Å²) in [5.74, 6) is 0.818. The Kier molecular flexibility index (Phi) is 1.72. The first-order valence-electron chi connectivity index (χ1n) is 5.36. The maximum atomic E-state index is 11.9.